The van der Waals surface area contributed by atoms with E-state index >= 15 is 0 Å². The van der Waals surface area contributed by atoms with Gasteiger partial charge in [0.25, 0.3) is 0 Å². The van der Waals surface area contributed by atoms with Gasteiger partial charge in [0, 0.05) is 0 Å². The first kappa shape index (κ1) is 17.9. The molecule has 0 aromatic heterocycles. The normalized spacial score (nSPS) is 10.3. The van der Waals surface area contributed by atoms with Crippen molar-refractivity contribution in [2.45, 2.75) is 33.3 Å². The van der Waals surface area contributed by atoms with Crippen LogP contribution in [0.15, 0.2) is 42.5 Å². The van der Waals surface area contributed by atoms with Gasteiger partial charge in [0.05, 0.1) is 13.7 Å². The van der Waals surface area contributed by atoms with Crippen LogP contribution in [-0.4, -0.2) is 19.7 Å². The third-order valence-corrected chi connectivity index (χ3v) is 3.62. The van der Waals surface area contributed by atoms with Crippen LogP contribution in [0.1, 0.15) is 41.3 Å². The monoisotopic (exact) mass is 328 g/mol. The summed E-state index contributed by atoms with van der Waals surface area (Å²) in [6.45, 7) is 4.85. The lowest BCUT2D eigenvalue weighted by molar-refractivity contribution is 0.0494. The summed E-state index contributed by atoms with van der Waals surface area (Å²) in [5, 5.41) is 0. The molecule has 2 aromatic rings. The highest BCUT2D eigenvalue weighted by Crippen LogP contribution is 2.32. The molecule has 0 aliphatic heterocycles. The number of benzene rings is 2. The quantitative estimate of drug-likeness (QED) is 0.527. The topological polar surface area (TPSA) is 44.8 Å². The molecule has 24 heavy (non-hydrogen) atoms. The largest absolute Gasteiger partial charge is 0.493 e. The van der Waals surface area contributed by atoms with Crippen molar-refractivity contribution >= 4 is 5.97 Å². The first-order valence-electron chi connectivity index (χ1n) is 8.18. The Balaban J connectivity index is 2.18. The Bertz CT molecular complexity index is 679. The summed E-state index contributed by atoms with van der Waals surface area (Å²) in [5.41, 5.74) is 2.58. The van der Waals surface area contributed by atoms with Crippen molar-refractivity contribution in [3.05, 3.63) is 59.2 Å². The van der Waals surface area contributed by atoms with Crippen molar-refractivity contribution in [2.24, 2.45) is 0 Å². The lowest BCUT2D eigenvalue weighted by Crippen LogP contribution is -2.10. The molecule has 0 radical (unpaired) electrons. The van der Waals surface area contributed by atoms with Crippen molar-refractivity contribution in [3.63, 3.8) is 0 Å². The zero-order valence-electron chi connectivity index (χ0n) is 14.5. The summed E-state index contributed by atoms with van der Waals surface area (Å²) in [6, 6.07) is 13.3. The molecule has 0 amide bonds. The maximum atomic E-state index is 12.3. The molecule has 2 aromatic carbocycles. The molecule has 0 aliphatic carbocycles. The highest BCUT2D eigenvalue weighted by Gasteiger charge is 2.18. The number of unbranched alkanes of at least 4 members (excludes halogenated alkanes) is 1. The van der Waals surface area contributed by atoms with E-state index in [4.69, 9.17) is 14.2 Å². The Morgan fingerprint density at radius 2 is 1.92 bits per heavy atom. The minimum Gasteiger partial charge on any atom is -0.493 e. The molecular formula is C20H24O4. The van der Waals surface area contributed by atoms with Gasteiger partial charge < -0.3 is 14.2 Å². The van der Waals surface area contributed by atoms with Crippen molar-refractivity contribution in [1.82, 2.24) is 0 Å². The smallest absolute Gasteiger partial charge is 0.342 e. The third kappa shape index (κ3) is 4.75. The molecule has 0 fully saturated rings. The molecule has 0 unspecified atom stereocenters. The van der Waals surface area contributed by atoms with Gasteiger partial charge in [-0.2, -0.15) is 0 Å². The Morgan fingerprint density at radius 1 is 1.12 bits per heavy atom. The fraction of sp³-hybridized carbons (Fsp3) is 0.350. The SMILES string of the molecule is CCCCOC(=O)c1cccc(OC)c1OCc1cccc(C)c1. The minimum absolute atomic E-state index is 0.358. The van der Waals surface area contributed by atoms with Crippen molar-refractivity contribution < 1.29 is 19.0 Å². The number of rotatable bonds is 8. The molecule has 0 saturated heterocycles. The maximum Gasteiger partial charge on any atom is 0.342 e. The fourth-order valence-electron chi connectivity index (χ4n) is 2.33. The molecule has 0 atom stereocenters. The zero-order chi connectivity index (χ0) is 17.4. The number of hydrogen-bond donors (Lipinski definition) is 0. The van der Waals surface area contributed by atoms with E-state index in [2.05, 4.69) is 13.0 Å². The minimum atomic E-state index is -0.387. The number of carbonyl (C=O) groups excluding carboxylic acids is 1. The lowest BCUT2D eigenvalue weighted by Gasteiger charge is -2.15. The highest BCUT2D eigenvalue weighted by molar-refractivity contribution is 5.93. The van der Waals surface area contributed by atoms with Crippen LogP contribution in [0.2, 0.25) is 0 Å². The second-order valence-electron chi connectivity index (χ2n) is 5.60. The zero-order valence-corrected chi connectivity index (χ0v) is 14.5. The van der Waals surface area contributed by atoms with E-state index in [0.29, 0.717) is 30.3 Å². The van der Waals surface area contributed by atoms with Gasteiger partial charge in [-0.25, -0.2) is 4.79 Å². The van der Waals surface area contributed by atoms with E-state index in [-0.39, 0.29) is 5.97 Å². The molecule has 0 heterocycles. The summed E-state index contributed by atoms with van der Waals surface area (Å²) in [6.07, 6.45) is 1.82. The molecule has 0 spiro atoms. The van der Waals surface area contributed by atoms with Crippen LogP contribution in [0.5, 0.6) is 11.5 Å². The van der Waals surface area contributed by atoms with E-state index in [0.717, 1.165) is 24.0 Å². The van der Waals surface area contributed by atoms with Gasteiger partial charge >= 0.3 is 5.97 Å². The van der Waals surface area contributed by atoms with Crippen molar-refractivity contribution in [2.75, 3.05) is 13.7 Å². The molecule has 0 bridgehead atoms. The number of aryl methyl sites for hydroxylation is 1. The summed E-state index contributed by atoms with van der Waals surface area (Å²) in [7, 11) is 1.56. The Morgan fingerprint density at radius 3 is 2.62 bits per heavy atom. The molecule has 0 aliphatic rings. The Labute approximate surface area is 143 Å². The second kappa shape index (κ2) is 8.96. The van der Waals surface area contributed by atoms with Crippen LogP contribution >= 0.6 is 0 Å². The molecule has 0 saturated carbocycles. The molecule has 128 valence electrons. The fourth-order valence-corrected chi connectivity index (χ4v) is 2.33. The van der Waals surface area contributed by atoms with Gasteiger partial charge in [0.2, 0.25) is 0 Å². The third-order valence-electron chi connectivity index (χ3n) is 3.62. The van der Waals surface area contributed by atoms with E-state index in [1.807, 2.05) is 25.1 Å². The van der Waals surface area contributed by atoms with E-state index in [1.54, 1.807) is 25.3 Å². The molecule has 0 N–H and O–H groups in total. The molecule has 4 heteroatoms. The standard InChI is InChI=1S/C20H24O4/c1-4-5-12-23-20(21)17-10-7-11-18(22-3)19(17)24-14-16-9-6-8-15(2)13-16/h6-11,13H,4-5,12,14H2,1-3H3. The number of ether oxygens (including phenoxy) is 3. The van der Waals surface area contributed by atoms with Gasteiger partial charge in [-0.05, 0) is 31.0 Å². The average Bonchev–Trinajstić information content (AvgIpc) is 2.59. The van der Waals surface area contributed by atoms with E-state index in [1.165, 1.54) is 0 Å². The summed E-state index contributed by atoms with van der Waals surface area (Å²) >= 11 is 0. The predicted molar refractivity (Wildman–Crippen MR) is 93.7 cm³/mol. The maximum absolute atomic E-state index is 12.3. The number of hydrogen-bond acceptors (Lipinski definition) is 4. The number of methoxy groups -OCH3 is 1. The predicted octanol–water partition coefficient (Wildman–Crippen LogP) is 4.54. The van der Waals surface area contributed by atoms with Gasteiger partial charge in [-0.1, -0.05) is 49.2 Å². The number of esters is 1. The van der Waals surface area contributed by atoms with Crippen LogP contribution < -0.4 is 9.47 Å². The van der Waals surface area contributed by atoms with E-state index < -0.39 is 0 Å². The molecule has 2 rings (SSSR count). The lowest BCUT2D eigenvalue weighted by atomic mass is 10.1. The second-order valence-corrected chi connectivity index (χ2v) is 5.60. The van der Waals surface area contributed by atoms with Gasteiger partial charge in [-0.15, -0.1) is 0 Å². The first-order chi connectivity index (χ1) is 11.7. The number of para-hydroxylation sites is 1. The van der Waals surface area contributed by atoms with Gasteiger partial charge in [0.1, 0.15) is 12.2 Å². The van der Waals surface area contributed by atoms with Crippen molar-refractivity contribution in [1.29, 1.82) is 0 Å². The van der Waals surface area contributed by atoms with Crippen LogP contribution in [-0.2, 0) is 11.3 Å². The highest BCUT2D eigenvalue weighted by atomic mass is 16.5. The Kier molecular flexibility index (Phi) is 6.67. The summed E-state index contributed by atoms with van der Waals surface area (Å²) in [5.74, 6) is 0.553. The molecular weight excluding hydrogens is 304 g/mol. The first-order valence-corrected chi connectivity index (χ1v) is 8.18. The van der Waals surface area contributed by atoms with Crippen molar-refractivity contribution in [3.8, 4) is 11.5 Å². The van der Waals surface area contributed by atoms with Crippen LogP contribution in [0.25, 0.3) is 0 Å². The summed E-state index contributed by atoms with van der Waals surface area (Å²) < 4.78 is 16.5. The van der Waals surface area contributed by atoms with Gasteiger partial charge in [0.15, 0.2) is 11.5 Å². The summed E-state index contributed by atoms with van der Waals surface area (Å²) in [4.78, 5) is 12.3. The van der Waals surface area contributed by atoms with Crippen LogP contribution in [0.4, 0.5) is 0 Å². The molecule has 4 nitrogen and oxygen atoms in total. The number of carbonyl (C=O) groups is 1. The van der Waals surface area contributed by atoms with Gasteiger partial charge in [-0.3, -0.25) is 0 Å². The van der Waals surface area contributed by atoms with E-state index in [9.17, 15) is 4.79 Å². The van der Waals surface area contributed by atoms with Crippen LogP contribution in [0.3, 0.4) is 0 Å². The average molecular weight is 328 g/mol. The van der Waals surface area contributed by atoms with Crippen LogP contribution in [0, 0.1) is 6.92 Å². The Hall–Kier alpha value is -2.49.